The first kappa shape index (κ1) is 15.3. The molecule has 0 bridgehead atoms. The highest BCUT2D eigenvalue weighted by atomic mass is 79.9. The maximum absolute atomic E-state index is 12.4. The highest BCUT2D eigenvalue weighted by molar-refractivity contribution is 9.10. The predicted octanol–water partition coefficient (Wildman–Crippen LogP) is 4.73. The van der Waals surface area contributed by atoms with Gasteiger partial charge in [-0.25, -0.2) is 0 Å². The minimum Gasteiger partial charge on any atom is -0.434 e. The molecule has 108 valence electrons. The van der Waals surface area contributed by atoms with Crippen molar-refractivity contribution >= 4 is 21.6 Å². The zero-order chi connectivity index (χ0) is 15.2. The lowest BCUT2D eigenvalue weighted by atomic mass is 10.1. The molecule has 6 heteroatoms. The highest BCUT2D eigenvalue weighted by Crippen LogP contribution is 2.31. The molecule has 0 saturated heterocycles. The van der Waals surface area contributed by atoms with E-state index in [-0.39, 0.29) is 5.75 Å². The molecule has 0 heterocycles. The number of hydrogen-bond acceptors (Lipinski definition) is 3. The summed E-state index contributed by atoms with van der Waals surface area (Å²) in [5.74, 6) is -0.0152. The van der Waals surface area contributed by atoms with E-state index in [1.54, 1.807) is 24.3 Å². The fourth-order valence-electron chi connectivity index (χ4n) is 1.84. The van der Waals surface area contributed by atoms with Gasteiger partial charge in [0.1, 0.15) is 11.8 Å². The van der Waals surface area contributed by atoms with E-state index in [4.69, 9.17) is 0 Å². The molecule has 2 rings (SSSR count). The van der Waals surface area contributed by atoms with E-state index in [0.29, 0.717) is 11.3 Å². The average molecular weight is 353 g/mol. The molecule has 1 unspecified atom stereocenters. The number of para-hydroxylation sites is 2. The van der Waals surface area contributed by atoms with Crippen LogP contribution in [0.2, 0.25) is 0 Å². The number of nitrogens with zero attached hydrogens (tertiary/aromatic N) is 1. The maximum atomic E-state index is 12.4. The first-order valence-electron chi connectivity index (χ1n) is 6.06. The summed E-state index contributed by atoms with van der Waals surface area (Å²) in [4.78, 5) is 0. The van der Waals surface area contributed by atoms with E-state index in [1.165, 1.54) is 6.07 Å². The quantitative estimate of drug-likeness (QED) is 0.846. The molecule has 0 amide bonds. The van der Waals surface area contributed by atoms with Crippen LogP contribution in [0.4, 0.5) is 14.5 Å². The number of ether oxygens (including phenoxy) is 1. The van der Waals surface area contributed by atoms with E-state index in [2.05, 4.69) is 32.1 Å². The van der Waals surface area contributed by atoms with Crippen LogP contribution < -0.4 is 10.1 Å². The number of nitrogens with one attached hydrogen (secondary N) is 1. The molecule has 21 heavy (non-hydrogen) atoms. The minimum absolute atomic E-state index is 0.0152. The Morgan fingerprint density at radius 3 is 2.43 bits per heavy atom. The van der Waals surface area contributed by atoms with Crippen LogP contribution in [-0.4, -0.2) is 6.61 Å². The molecule has 0 radical (unpaired) electrons. The molecular formula is C15H11BrF2N2O. The summed E-state index contributed by atoms with van der Waals surface area (Å²) >= 11 is 3.36. The van der Waals surface area contributed by atoms with Gasteiger partial charge >= 0.3 is 6.61 Å². The maximum Gasteiger partial charge on any atom is 0.387 e. The van der Waals surface area contributed by atoms with Crippen LogP contribution in [0.25, 0.3) is 0 Å². The molecule has 1 atom stereocenters. The molecule has 0 spiro atoms. The molecule has 3 nitrogen and oxygen atoms in total. The number of rotatable bonds is 5. The molecule has 0 aliphatic heterocycles. The largest absolute Gasteiger partial charge is 0.434 e. The fourth-order valence-corrected chi connectivity index (χ4v) is 2.23. The van der Waals surface area contributed by atoms with Crippen molar-refractivity contribution in [2.24, 2.45) is 0 Å². The summed E-state index contributed by atoms with van der Waals surface area (Å²) in [6, 6.07) is 14.7. The van der Waals surface area contributed by atoms with Crippen LogP contribution in [0.15, 0.2) is 53.0 Å². The molecule has 0 aliphatic carbocycles. The number of halogens is 3. The summed E-state index contributed by atoms with van der Waals surface area (Å²) in [5.41, 5.74) is 1.05. The van der Waals surface area contributed by atoms with Crippen LogP contribution in [0.5, 0.6) is 5.75 Å². The Kier molecular flexibility index (Phi) is 5.12. The van der Waals surface area contributed by atoms with Crippen molar-refractivity contribution in [2.45, 2.75) is 12.7 Å². The van der Waals surface area contributed by atoms with Gasteiger partial charge in [-0.3, -0.25) is 0 Å². The van der Waals surface area contributed by atoms with Gasteiger partial charge in [-0.2, -0.15) is 14.0 Å². The van der Waals surface area contributed by atoms with Crippen molar-refractivity contribution in [1.82, 2.24) is 0 Å². The molecule has 2 aromatic rings. The molecule has 1 N–H and O–H groups in total. The van der Waals surface area contributed by atoms with E-state index < -0.39 is 12.7 Å². The smallest absolute Gasteiger partial charge is 0.387 e. The van der Waals surface area contributed by atoms with E-state index in [0.717, 1.165) is 4.47 Å². The zero-order valence-corrected chi connectivity index (χ0v) is 12.3. The van der Waals surface area contributed by atoms with Crippen molar-refractivity contribution in [3.05, 3.63) is 58.6 Å². The second kappa shape index (κ2) is 7.04. The van der Waals surface area contributed by atoms with Gasteiger partial charge in [-0.15, -0.1) is 0 Å². The molecular weight excluding hydrogens is 342 g/mol. The Bertz CT molecular complexity index is 658. The lowest BCUT2D eigenvalue weighted by Gasteiger charge is -2.17. The van der Waals surface area contributed by atoms with Crippen LogP contribution >= 0.6 is 15.9 Å². The van der Waals surface area contributed by atoms with Crippen molar-refractivity contribution in [3.8, 4) is 11.8 Å². The van der Waals surface area contributed by atoms with E-state index in [9.17, 15) is 14.0 Å². The number of benzene rings is 2. The normalized spacial score (nSPS) is 11.8. The number of anilines is 1. The van der Waals surface area contributed by atoms with Gasteiger partial charge in [0, 0.05) is 15.7 Å². The fraction of sp³-hybridized carbons (Fsp3) is 0.133. The first-order chi connectivity index (χ1) is 10.1. The van der Waals surface area contributed by atoms with Crippen molar-refractivity contribution in [2.75, 3.05) is 5.32 Å². The van der Waals surface area contributed by atoms with Crippen LogP contribution in [0, 0.1) is 11.3 Å². The lowest BCUT2D eigenvalue weighted by Crippen LogP contribution is -2.12. The summed E-state index contributed by atoms with van der Waals surface area (Å²) in [6.45, 7) is -2.94. The Balaban J connectivity index is 2.30. The summed E-state index contributed by atoms with van der Waals surface area (Å²) in [5, 5.41) is 12.3. The summed E-state index contributed by atoms with van der Waals surface area (Å²) in [7, 11) is 0. The van der Waals surface area contributed by atoms with Crippen molar-refractivity contribution < 1.29 is 13.5 Å². The topological polar surface area (TPSA) is 45.0 Å². The Labute approximate surface area is 129 Å². The van der Waals surface area contributed by atoms with E-state index in [1.807, 2.05) is 18.2 Å². The SMILES string of the molecule is N#CC(Nc1ccccc1Br)c1ccccc1OC(F)F. The van der Waals surface area contributed by atoms with Crippen LogP contribution in [0.1, 0.15) is 11.6 Å². The number of alkyl halides is 2. The van der Waals surface area contributed by atoms with Crippen LogP contribution in [0.3, 0.4) is 0 Å². The molecule has 2 aromatic carbocycles. The average Bonchev–Trinajstić information content (AvgIpc) is 2.47. The monoisotopic (exact) mass is 352 g/mol. The minimum atomic E-state index is -2.94. The van der Waals surface area contributed by atoms with Gasteiger partial charge in [0.25, 0.3) is 0 Å². The summed E-state index contributed by atoms with van der Waals surface area (Å²) < 4.78 is 30.1. The van der Waals surface area contributed by atoms with Gasteiger partial charge in [0.15, 0.2) is 0 Å². The van der Waals surface area contributed by atoms with Gasteiger partial charge in [0.2, 0.25) is 0 Å². The second-order valence-corrected chi connectivity index (χ2v) is 4.96. The Morgan fingerprint density at radius 2 is 1.76 bits per heavy atom. The van der Waals surface area contributed by atoms with Gasteiger partial charge in [0.05, 0.1) is 6.07 Å². The third-order valence-corrected chi connectivity index (χ3v) is 3.44. The third-order valence-electron chi connectivity index (χ3n) is 2.75. The lowest BCUT2D eigenvalue weighted by molar-refractivity contribution is -0.0504. The standard InChI is InChI=1S/C15H11BrF2N2O/c16-11-6-2-3-7-12(11)20-13(9-19)10-5-1-4-8-14(10)21-15(17)18/h1-8,13,15,20H. The molecule has 0 saturated carbocycles. The number of nitriles is 1. The summed E-state index contributed by atoms with van der Waals surface area (Å²) in [6.07, 6.45) is 0. The molecule has 0 aromatic heterocycles. The third kappa shape index (κ3) is 3.92. The second-order valence-electron chi connectivity index (χ2n) is 4.10. The van der Waals surface area contributed by atoms with Crippen LogP contribution in [-0.2, 0) is 0 Å². The van der Waals surface area contributed by atoms with Gasteiger partial charge in [-0.05, 0) is 34.1 Å². The first-order valence-corrected chi connectivity index (χ1v) is 6.85. The Hall–Kier alpha value is -2.13. The molecule has 0 fully saturated rings. The van der Waals surface area contributed by atoms with E-state index >= 15 is 0 Å². The highest BCUT2D eigenvalue weighted by Gasteiger charge is 2.18. The van der Waals surface area contributed by atoms with Gasteiger partial charge < -0.3 is 10.1 Å². The Morgan fingerprint density at radius 1 is 1.10 bits per heavy atom. The predicted molar refractivity (Wildman–Crippen MR) is 79.2 cm³/mol. The van der Waals surface area contributed by atoms with Crippen molar-refractivity contribution in [1.29, 1.82) is 5.26 Å². The number of hydrogen-bond donors (Lipinski definition) is 1. The van der Waals surface area contributed by atoms with Gasteiger partial charge in [-0.1, -0.05) is 30.3 Å². The molecule has 0 aliphatic rings. The van der Waals surface area contributed by atoms with Crippen molar-refractivity contribution in [3.63, 3.8) is 0 Å². The zero-order valence-electron chi connectivity index (χ0n) is 10.8.